The summed E-state index contributed by atoms with van der Waals surface area (Å²) in [6.07, 6.45) is 6.35. The number of nitrogens with zero attached hydrogens (tertiary/aromatic N) is 1. The van der Waals surface area contributed by atoms with Crippen LogP contribution < -0.4 is 20.3 Å². The molecule has 174 valence electrons. The summed E-state index contributed by atoms with van der Waals surface area (Å²) in [5.41, 5.74) is 0.333. The van der Waals surface area contributed by atoms with Crippen molar-refractivity contribution in [2.45, 2.75) is 50.7 Å². The van der Waals surface area contributed by atoms with Crippen LogP contribution in [0.15, 0.2) is 53.5 Å². The van der Waals surface area contributed by atoms with E-state index in [9.17, 15) is 14.7 Å². The van der Waals surface area contributed by atoms with Gasteiger partial charge in [0.1, 0.15) is 11.5 Å². The number of ether oxygens (including phenoxy) is 2. The molecule has 1 aliphatic rings. The second kappa shape index (κ2) is 9.67. The number of carbonyl (C=O) groups excluding carboxylic acids is 1. The summed E-state index contributed by atoms with van der Waals surface area (Å²) in [6, 6.07) is 12.5. The van der Waals surface area contributed by atoms with Gasteiger partial charge in [0.25, 0.3) is 5.56 Å². The Bertz CT molecular complexity index is 1190. The second-order valence-corrected chi connectivity index (χ2v) is 8.75. The maximum atomic E-state index is 13.1. The van der Waals surface area contributed by atoms with Gasteiger partial charge in [0.2, 0.25) is 5.91 Å². The van der Waals surface area contributed by atoms with Crippen molar-refractivity contribution in [2.24, 2.45) is 0 Å². The van der Waals surface area contributed by atoms with Crippen LogP contribution in [0, 0.1) is 0 Å². The van der Waals surface area contributed by atoms with Crippen molar-refractivity contribution in [1.29, 1.82) is 0 Å². The molecule has 4 rings (SSSR count). The molecule has 1 fully saturated rings. The van der Waals surface area contributed by atoms with E-state index in [1.807, 2.05) is 6.07 Å². The first kappa shape index (κ1) is 22.9. The quantitative estimate of drug-likeness (QED) is 0.570. The molecular weight excluding hydrogens is 420 g/mol. The van der Waals surface area contributed by atoms with E-state index in [1.54, 1.807) is 61.4 Å². The average molecular weight is 451 g/mol. The molecule has 0 atom stereocenters. The van der Waals surface area contributed by atoms with Gasteiger partial charge < -0.3 is 24.5 Å². The lowest BCUT2D eigenvalue weighted by atomic mass is 9.85. The van der Waals surface area contributed by atoms with Gasteiger partial charge in [0, 0.05) is 28.7 Å². The number of nitrogens with one attached hydrogen (secondary N) is 1. The highest BCUT2D eigenvalue weighted by atomic mass is 16.5. The first-order valence-electron chi connectivity index (χ1n) is 11.3. The van der Waals surface area contributed by atoms with Crippen molar-refractivity contribution in [3.05, 3.63) is 64.6 Å². The van der Waals surface area contributed by atoms with Gasteiger partial charge in [-0.1, -0.05) is 25.3 Å². The number of hydrogen-bond acceptors (Lipinski definition) is 5. The number of amides is 1. The molecular formula is C26H30N2O5. The van der Waals surface area contributed by atoms with Crippen LogP contribution in [0.4, 0.5) is 5.69 Å². The van der Waals surface area contributed by atoms with Gasteiger partial charge in [0.05, 0.1) is 32.8 Å². The Morgan fingerprint density at radius 2 is 1.73 bits per heavy atom. The minimum Gasteiger partial charge on any atom is -0.497 e. The molecule has 0 bridgehead atoms. The van der Waals surface area contributed by atoms with Crippen LogP contribution in [-0.4, -0.2) is 35.4 Å². The molecule has 0 aliphatic heterocycles. The van der Waals surface area contributed by atoms with Gasteiger partial charge >= 0.3 is 0 Å². The molecule has 7 nitrogen and oxygen atoms in total. The zero-order chi connectivity index (χ0) is 23.4. The van der Waals surface area contributed by atoms with Crippen molar-refractivity contribution in [3.63, 3.8) is 0 Å². The van der Waals surface area contributed by atoms with Gasteiger partial charge in [-0.05, 0) is 48.7 Å². The van der Waals surface area contributed by atoms with Crippen LogP contribution in [0.5, 0.6) is 11.5 Å². The van der Waals surface area contributed by atoms with Crippen molar-refractivity contribution < 1.29 is 19.4 Å². The number of hydrogen-bond donors (Lipinski definition) is 2. The van der Waals surface area contributed by atoms with E-state index in [2.05, 4.69) is 5.32 Å². The van der Waals surface area contributed by atoms with Crippen LogP contribution in [0.3, 0.4) is 0 Å². The maximum absolute atomic E-state index is 13.1. The highest BCUT2D eigenvalue weighted by Crippen LogP contribution is 2.30. The summed E-state index contributed by atoms with van der Waals surface area (Å²) in [6.45, 7) is 0.288. The Hall–Kier alpha value is -3.32. The van der Waals surface area contributed by atoms with Crippen molar-refractivity contribution in [1.82, 2.24) is 4.57 Å². The van der Waals surface area contributed by atoms with Crippen molar-refractivity contribution >= 4 is 22.4 Å². The van der Waals surface area contributed by atoms with Gasteiger partial charge in [0.15, 0.2) is 0 Å². The molecule has 0 saturated heterocycles. The fraction of sp³-hybridized carbons (Fsp3) is 0.385. The Morgan fingerprint density at radius 1 is 1.03 bits per heavy atom. The Kier molecular flexibility index (Phi) is 6.70. The molecule has 1 aliphatic carbocycles. The molecule has 0 radical (unpaired) electrons. The third kappa shape index (κ3) is 5.20. The normalized spacial score (nSPS) is 15.2. The van der Waals surface area contributed by atoms with Crippen LogP contribution in [-0.2, 0) is 17.8 Å². The monoisotopic (exact) mass is 450 g/mol. The lowest BCUT2D eigenvalue weighted by Gasteiger charge is -2.32. The van der Waals surface area contributed by atoms with Crippen molar-refractivity contribution in [2.75, 3.05) is 19.5 Å². The van der Waals surface area contributed by atoms with Gasteiger partial charge in [-0.15, -0.1) is 0 Å². The average Bonchev–Trinajstić information content (AvgIpc) is 2.81. The van der Waals surface area contributed by atoms with E-state index in [0.717, 1.165) is 24.8 Å². The lowest BCUT2D eigenvalue weighted by Crippen LogP contribution is -2.39. The largest absolute Gasteiger partial charge is 0.497 e. The highest BCUT2D eigenvalue weighted by molar-refractivity contribution is 6.02. The molecule has 0 unspecified atom stereocenters. The maximum Gasteiger partial charge on any atom is 0.258 e. The molecule has 7 heteroatoms. The van der Waals surface area contributed by atoms with Gasteiger partial charge in [-0.3, -0.25) is 9.59 Å². The molecule has 1 amide bonds. The van der Waals surface area contributed by atoms with Crippen LogP contribution in [0.2, 0.25) is 0 Å². The number of fused-ring (bicyclic) bond motifs is 1. The zero-order valence-corrected chi connectivity index (χ0v) is 19.1. The van der Waals surface area contributed by atoms with Crippen LogP contribution in [0.1, 0.15) is 37.7 Å². The molecule has 2 N–H and O–H groups in total. The predicted octanol–water partition coefficient (Wildman–Crippen LogP) is 3.90. The van der Waals surface area contributed by atoms with E-state index >= 15 is 0 Å². The van der Waals surface area contributed by atoms with Gasteiger partial charge in [-0.2, -0.15) is 0 Å². The Balaban J connectivity index is 1.55. The number of benzene rings is 2. The van der Waals surface area contributed by atoms with E-state index in [0.29, 0.717) is 40.8 Å². The van der Waals surface area contributed by atoms with Gasteiger partial charge in [-0.25, -0.2) is 0 Å². The lowest BCUT2D eigenvalue weighted by molar-refractivity contribution is -0.115. The highest BCUT2D eigenvalue weighted by Gasteiger charge is 2.30. The summed E-state index contributed by atoms with van der Waals surface area (Å²) in [5.74, 6) is 1.02. The first-order chi connectivity index (χ1) is 15.9. The number of methoxy groups -OCH3 is 2. The number of rotatable bonds is 7. The van der Waals surface area contributed by atoms with Crippen LogP contribution >= 0.6 is 0 Å². The van der Waals surface area contributed by atoms with Crippen molar-refractivity contribution in [3.8, 4) is 11.5 Å². The fourth-order valence-electron chi connectivity index (χ4n) is 4.58. The zero-order valence-electron chi connectivity index (χ0n) is 19.1. The number of aliphatic hydroxyl groups is 1. The second-order valence-electron chi connectivity index (χ2n) is 8.75. The Labute approximate surface area is 193 Å². The number of aromatic nitrogens is 1. The molecule has 3 aromatic rings. The van der Waals surface area contributed by atoms with Crippen LogP contribution in [0.25, 0.3) is 10.8 Å². The summed E-state index contributed by atoms with van der Waals surface area (Å²) in [4.78, 5) is 25.9. The van der Waals surface area contributed by atoms with E-state index in [4.69, 9.17) is 9.47 Å². The smallest absolute Gasteiger partial charge is 0.258 e. The van der Waals surface area contributed by atoms with E-state index in [1.165, 1.54) is 0 Å². The van der Waals surface area contributed by atoms with E-state index in [-0.39, 0.29) is 24.4 Å². The summed E-state index contributed by atoms with van der Waals surface area (Å²) >= 11 is 0. The third-order valence-electron chi connectivity index (χ3n) is 6.32. The standard InChI is InChI=1S/C26H30N2O5/c1-32-19-13-18(14-20(16-19)33-2)15-24(29)27-23-8-6-7-22-21(23)9-12-28(25(22)30)17-26(31)10-4-3-5-11-26/h6-9,12-14,16,31H,3-5,10-11,15,17H2,1-2H3,(H,27,29). The predicted molar refractivity (Wildman–Crippen MR) is 128 cm³/mol. The Morgan fingerprint density at radius 3 is 2.39 bits per heavy atom. The number of anilines is 1. The molecule has 33 heavy (non-hydrogen) atoms. The molecule has 2 aromatic carbocycles. The fourth-order valence-corrected chi connectivity index (χ4v) is 4.58. The third-order valence-corrected chi connectivity index (χ3v) is 6.32. The van der Waals surface area contributed by atoms with E-state index < -0.39 is 5.60 Å². The summed E-state index contributed by atoms with van der Waals surface area (Å²) in [7, 11) is 3.13. The summed E-state index contributed by atoms with van der Waals surface area (Å²) in [5, 5.41) is 15.0. The molecule has 0 spiro atoms. The minimum atomic E-state index is -0.834. The number of pyridine rings is 1. The first-order valence-corrected chi connectivity index (χ1v) is 11.3. The molecule has 1 heterocycles. The minimum absolute atomic E-state index is 0.133. The number of carbonyl (C=O) groups is 1. The SMILES string of the molecule is COc1cc(CC(=O)Nc2cccc3c(=O)n(CC4(O)CCCCC4)ccc23)cc(OC)c1. The molecule has 1 aromatic heterocycles. The topological polar surface area (TPSA) is 89.8 Å². The summed E-state index contributed by atoms with van der Waals surface area (Å²) < 4.78 is 12.1. The molecule has 1 saturated carbocycles.